The van der Waals surface area contributed by atoms with Crippen LogP contribution in [0.5, 0.6) is 0 Å². The predicted octanol–water partition coefficient (Wildman–Crippen LogP) is 5.90. The van der Waals surface area contributed by atoms with Crippen LogP contribution in [0, 0.1) is 18.3 Å². The van der Waals surface area contributed by atoms with E-state index in [9.17, 15) is 26.4 Å². The summed E-state index contributed by atoms with van der Waals surface area (Å²) in [6.45, 7) is 7.08. The van der Waals surface area contributed by atoms with Gasteiger partial charge in [0.05, 0.1) is 11.0 Å². The normalized spacial score (nSPS) is 18.5. The number of nitrogens with two attached hydrogens (primary N) is 1. The maximum absolute atomic E-state index is 13.9. The van der Waals surface area contributed by atoms with Gasteiger partial charge >= 0.3 is 6.18 Å². The van der Waals surface area contributed by atoms with Crippen LogP contribution >= 0.6 is 0 Å². The van der Waals surface area contributed by atoms with Crippen molar-refractivity contribution < 1.29 is 26.4 Å². The molecule has 1 aromatic carbocycles. The molecule has 6 nitrogen and oxygen atoms in total. The Morgan fingerprint density at radius 3 is 2.29 bits per heavy atom. The molecule has 0 aliphatic heterocycles. The number of halogens is 3. The molecule has 1 aromatic heterocycles. The van der Waals surface area contributed by atoms with Crippen molar-refractivity contribution in [1.82, 2.24) is 9.29 Å². The van der Waals surface area contributed by atoms with Crippen molar-refractivity contribution in [2.75, 3.05) is 6.54 Å². The second-order valence-electron chi connectivity index (χ2n) is 12.0. The van der Waals surface area contributed by atoms with Crippen LogP contribution in [0.3, 0.4) is 0 Å². The maximum atomic E-state index is 13.9. The minimum Gasteiger partial charge on any atom is -0.369 e. The maximum Gasteiger partial charge on any atom is 0.416 e. The van der Waals surface area contributed by atoms with Crippen LogP contribution in [-0.4, -0.2) is 25.4 Å². The molecule has 0 radical (unpaired) electrons. The molecule has 2 fully saturated rings. The number of nitrogens with zero attached hydrogens (tertiary/aromatic N) is 1. The summed E-state index contributed by atoms with van der Waals surface area (Å²) in [6, 6.07) is 5.62. The number of amides is 1. The number of sulfonamides is 1. The summed E-state index contributed by atoms with van der Waals surface area (Å²) in [5, 5.41) is 0. The lowest BCUT2D eigenvalue weighted by Crippen LogP contribution is -2.42. The Morgan fingerprint density at radius 1 is 1.11 bits per heavy atom. The molecule has 0 bridgehead atoms. The lowest BCUT2D eigenvalue weighted by Gasteiger charge is -2.25. The number of aromatic nitrogens is 1. The molecule has 0 saturated heterocycles. The highest BCUT2D eigenvalue weighted by molar-refractivity contribution is 7.89. The summed E-state index contributed by atoms with van der Waals surface area (Å²) in [5.74, 6) is -0.324. The molecule has 4 rings (SSSR count). The first-order valence-corrected chi connectivity index (χ1v) is 14.7. The number of hydrogen-bond donors (Lipinski definition) is 2. The number of rotatable bonds is 9. The van der Waals surface area contributed by atoms with Gasteiger partial charge in [-0.3, -0.25) is 4.79 Å². The van der Waals surface area contributed by atoms with Crippen molar-refractivity contribution in [2.24, 2.45) is 17.1 Å². The number of nitrogens with one attached hydrogen (secondary N) is 1. The fourth-order valence-corrected chi connectivity index (χ4v) is 6.67. The van der Waals surface area contributed by atoms with Crippen molar-refractivity contribution in [3.8, 4) is 11.3 Å². The lowest BCUT2D eigenvalue weighted by atomic mass is 9.89. The minimum atomic E-state index is -4.53. The Balaban J connectivity index is 1.83. The first kappa shape index (κ1) is 28.7. The zero-order valence-corrected chi connectivity index (χ0v) is 23.4. The standard InChI is InChI=1S/C28H38F3N3O3S/c1-18-24(38(36,37)33-17-26(2,3)25(32)35)15-23(34(18)16-19-8-6-5-7-9-19)20-12-21(27(4)10-11-27)14-22(13-20)28(29,30)31/h12-15,19,33H,5-11,16-17H2,1-4H3,(H2,32,35). The summed E-state index contributed by atoms with van der Waals surface area (Å²) in [4.78, 5) is 11.7. The van der Waals surface area contributed by atoms with Gasteiger partial charge in [0.15, 0.2) is 0 Å². The molecule has 1 amide bonds. The van der Waals surface area contributed by atoms with Crippen molar-refractivity contribution in [2.45, 2.75) is 95.7 Å². The first-order valence-electron chi connectivity index (χ1n) is 13.3. The van der Waals surface area contributed by atoms with Crippen LogP contribution in [0.4, 0.5) is 13.2 Å². The summed E-state index contributed by atoms with van der Waals surface area (Å²) < 4.78 is 73.0. The zero-order chi connectivity index (χ0) is 28.1. The van der Waals surface area contributed by atoms with Gasteiger partial charge in [-0.1, -0.05) is 26.2 Å². The molecule has 0 spiro atoms. The average Bonchev–Trinajstić information content (AvgIpc) is 3.51. The third-order valence-corrected chi connectivity index (χ3v) is 9.92. The fourth-order valence-electron chi connectivity index (χ4n) is 5.20. The van der Waals surface area contributed by atoms with E-state index in [2.05, 4.69) is 4.72 Å². The van der Waals surface area contributed by atoms with E-state index in [-0.39, 0.29) is 16.9 Å². The molecule has 0 unspecified atom stereocenters. The minimum absolute atomic E-state index is 0.000162. The molecular formula is C28H38F3N3O3S. The molecule has 2 saturated carbocycles. The molecule has 1 heterocycles. The van der Waals surface area contributed by atoms with Gasteiger partial charge in [-0.05, 0) is 93.2 Å². The van der Waals surface area contributed by atoms with Crippen LogP contribution in [0.2, 0.25) is 0 Å². The van der Waals surface area contributed by atoms with Crippen LogP contribution in [0.1, 0.15) is 82.5 Å². The van der Waals surface area contributed by atoms with Crippen molar-refractivity contribution in [3.05, 3.63) is 41.1 Å². The monoisotopic (exact) mass is 553 g/mol. The van der Waals surface area contributed by atoms with Crippen molar-refractivity contribution in [1.29, 1.82) is 0 Å². The third kappa shape index (κ3) is 5.96. The van der Waals surface area contributed by atoms with Gasteiger partial charge in [-0.25, -0.2) is 13.1 Å². The molecule has 2 aromatic rings. The largest absolute Gasteiger partial charge is 0.416 e. The lowest BCUT2D eigenvalue weighted by molar-refractivity contribution is -0.137. The van der Waals surface area contributed by atoms with Crippen LogP contribution in [0.25, 0.3) is 11.3 Å². The van der Waals surface area contributed by atoms with Gasteiger partial charge < -0.3 is 10.3 Å². The van der Waals surface area contributed by atoms with E-state index >= 15 is 0 Å². The molecule has 10 heteroatoms. The molecule has 210 valence electrons. The Bertz CT molecular complexity index is 1300. The molecule has 38 heavy (non-hydrogen) atoms. The van der Waals surface area contributed by atoms with E-state index in [0.717, 1.165) is 51.0 Å². The van der Waals surface area contributed by atoms with E-state index < -0.39 is 33.1 Å². The SMILES string of the molecule is Cc1c(S(=O)(=O)NCC(C)(C)C(N)=O)cc(-c2cc(C(F)(F)F)cc(C3(C)CC3)c2)n1CC1CCCCC1. The van der Waals surface area contributed by atoms with Crippen LogP contribution in [0.15, 0.2) is 29.2 Å². The number of carbonyl (C=O) groups excluding carboxylic acids is 1. The molecule has 3 N–H and O–H groups in total. The topological polar surface area (TPSA) is 94.2 Å². The highest BCUT2D eigenvalue weighted by Crippen LogP contribution is 2.50. The molecule has 0 atom stereocenters. The van der Waals surface area contributed by atoms with E-state index in [4.69, 9.17) is 5.73 Å². The average molecular weight is 554 g/mol. The molecule has 2 aliphatic rings. The van der Waals surface area contributed by atoms with E-state index in [1.54, 1.807) is 26.8 Å². The van der Waals surface area contributed by atoms with Gasteiger partial charge in [-0.2, -0.15) is 13.2 Å². The van der Waals surface area contributed by atoms with Gasteiger partial charge in [-0.15, -0.1) is 0 Å². The van der Waals surface area contributed by atoms with Crippen LogP contribution in [-0.2, 0) is 33.0 Å². The molecular weight excluding hydrogens is 515 g/mol. The van der Waals surface area contributed by atoms with Gasteiger partial charge in [0.25, 0.3) is 0 Å². The van der Waals surface area contributed by atoms with Crippen molar-refractivity contribution >= 4 is 15.9 Å². The number of carbonyl (C=O) groups is 1. The molecule has 2 aliphatic carbocycles. The third-order valence-electron chi connectivity index (χ3n) is 8.40. The Morgan fingerprint density at radius 2 is 1.74 bits per heavy atom. The second kappa shape index (κ2) is 10.0. The van der Waals surface area contributed by atoms with Gasteiger partial charge in [0.1, 0.15) is 4.90 Å². The predicted molar refractivity (Wildman–Crippen MR) is 141 cm³/mol. The number of primary amides is 1. The van der Waals surface area contributed by atoms with Crippen LogP contribution < -0.4 is 10.5 Å². The Labute approximate surface area is 223 Å². The first-order chi connectivity index (χ1) is 17.5. The summed E-state index contributed by atoms with van der Waals surface area (Å²) >= 11 is 0. The summed E-state index contributed by atoms with van der Waals surface area (Å²) in [6.07, 6.45) is 2.42. The summed E-state index contributed by atoms with van der Waals surface area (Å²) in [7, 11) is -4.07. The van der Waals surface area contributed by atoms with Gasteiger partial charge in [0.2, 0.25) is 15.9 Å². The highest BCUT2D eigenvalue weighted by atomic mass is 32.2. The fraction of sp³-hybridized carbons (Fsp3) is 0.607. The second-order valence-corrected chi connectivity index (χ2v) is 13.8. The quantitative estimate of drug-likeness (QED) is 0.405. The summed E-state index contributed by atoms with van der Waals surface area (Å²) in [5.41, 5.74) is 5.18. The highest BCUT2D eigenvalue weighted by Gasteiger charge is 2.41. The van der Waals surface area contributed by atoms with E-state index in [0.29, 0.717) is 35.0 Å². The zero-order valence-electron chi connectivity index (χ0n) is 22.5. The van der Waals surface area contributed by atoms with E-state index in [1.807, 2.05) is 11.5 Å². The Kier molecular flexibility index (Phi) is 7.55. The van der Waals surface area contributed by atoms with Gasteiger partial charge in [0, 0.05) is 24.5 Å². The number of benzene rings is 1. The van der Waals surface area contributed by atoms with Crippen molar-refractivity contribution in [3.63, 3.8) is 0 Å². The van der Waals surface area contributed by atoms with E-state index in [1.165, 1.54) is 12.1 Å². The smallest absolute Gasteiger partial charge is 0.369 e. The number of alkyl halides is 3. The number of hydrogen-bond acceptors (Lipinski definition) is 3. The Hall–Kier alpha value is -2.33.